The number of aryl methyl sites for hydroxylation is 2. The third-order valence-corrected chi connectivity index (χ3v) is 4.31. The molecule has 5 nitrogen and oxygen atoms in total. The Morgan fingerprint density at radius 1 is 1.40 bits per heavy atom. The number of ether oxygens (including phenoxy) is 1. The lowest BCUT2D eigenvalue weighted by Gasteiger charge is -2.13. The van der Waals surface area contributed by atoms with E-state index < -0.39 is 0 Å². The lowest BCUT2D eigenvalue weighted by Crippen LogP contribution is -2.29. The molecule has 0 saturated carbocycles. The van der Waals surface area contributed by atoms with Gasteiger partial charge >= 0.3 is 0 Å². The van der Waals surface area contributed by atoms with Crippen molar-refractivity contribution < 1.29 is 9.53 Å². The molecule has 0 aliphatic rings. The van der Waals surface area contributed by atoms with E-state index in [0.717, 1.165) is 33.7 Å². The Morgan fingerprint density at radius 2 is 2.16 bits per heavy atom. The number of nitrogens with one attached hydrogen (secondary N) is 1. The summed E-state index contributed by atoms with van der Waals surface area (Å²) in [7, 11) is 1.61. The first-order valence-corrected chi connectivity index (χ1v) is 8.99. The summed E-state index contributed by atoms with van der Waals surface area (Å²) in [6, 6.07) is 7.72. The van der Waals surface area contributed by atoms with Crippen LogP contribution in [0.15, 0.2) is 34.8 Å². The molecular formula is C19H24BrN3O2. The van der Waals surface area contributed by atoms with Crippen molar-refractivity contribution >= 4 is 27.9 Å². The number of carbonyl (C=O) groups is 1. The second kappa shape index (κ2) is 8.85. The molecule has 6 heteroatoms. The van der Waals surface area contributed by atoms with E-state index in [1.807, 2.05) is 36.7 Å². The molecule has 2 rings (SSSR count). The topological polar surface area (TPSA) is 56.1 Å². The highest BCUT2D eigenvalue weighted by molar-refractivity contribution is 9.10. The quantitative estimate of drug-likeness (QED) is 0.713. The van der Waals surface area contributed by atoms with E-state index in [4.69, 9.17) is 4.74 Å². The van der Waals surface area contributed by atoms with Crippen molar-refractivity contribution in [2.24, 2.45) is 5.92 Å². The van der Waals surface area contributed by atoms with E-state index in [0.29, 0.717) is 6.54 Å². The Morgan fingerprint density at radius 3 is 2.80 bits per heavy atom. The third-order valence-electron chi connectivity index (χ3n) is 3.82. The SMILES string of the molecule is COc1ccc(Br)cc1/C=C/C(=O)NCC(C)Cn1nc(C)cc1C. The number of aromatic nitrogens is 2. The van der Waals surface area contributed by atoms with Crippen molar-refractivity contribution in [3.8, 4) is 5.75 Å². The van der Waals surface area contributed by atoms with Crippen LogP contribution in [0.2, 0.25) is 0 Å². The van der Waals surface area contributed by atoms with Crippen LogP contribution in [0.3, 0.4) is 0 Å². The maximum absolute atomic E-state index is 12.1. The number of nitrogens with zero attached hydrogens (tertiary/aromatic N) is 2. The second-order valence-electron chi connectivity index (χ2n) is 6.18. The summed E-state index contributed by atoms with van der Waals surface area (Å²) >= 11 is 3.42. The van der Waals surface area contributed by atoms with Crippen molar-refractivity contribution in [1.29, 1.82) is 0 Å². The summed E-state index contributed by atoms with van der Waals surface area (Å²) in [5.74, 6) is 0.892. The molecule has 0 spiro atoms. The molecule has 1 amide bonds. The van der Waals surface area contributed by atoms with Crippen molar-refractivity contribution in [3.63, 3.8) is 0 Å². The average molecular weight is 406 g/mol. The largest absolute Gasteiger partial charge is 0.496 e. The minimum absolute atomic E-state index is 0.123. The monoisotopic (exact) mass is 405 g/mol. The minimum atomic E-state index is -0.123. The van der Waals surface area contributed by atoms with Gasteiger partial charge in [0.25, 0.3) is 0 Å². The van der Waals surface area contributed by atoms with Gasteiger partial charge in [-0.3, -0.25) is 9.48 Å². The molecule has 134 valence electrons. The second-order valence-corrected chi connectivity index (χ2v) is 7.09. The Bertz CT molecular complexity index is 768. The summed E-state index contributed by atoms with van der Waals surface area (Å²) in [4.78, 5) is 12.1. The molecule has 0 saturated heterocycles. The van der Waals surface area contributed by atoms with Gasteiger partial charge in [-0.25, -0.2) is 0 Å². The zero-order valence-electron chi connectivity index (χ0n) is 15.0. The molecule has 1 heterocycles. The Kier molecular flexibility index (Phi) is 6.82. The number of halogens is 1. The first kappa shape index (κ1) is 19.2. The van der Waals surface area contributed by atoms with Crippen LogP contribution in [0, 0.1) is 19.8 Å². The van der Waals surface area contributed by atoms with Gasteiger partial charge in [-0.2, -0.15) is 5.10 Å². The number of rotatable bonds is 7. The third kappa shape index (κ3) is 5.74. The maximum atomic E-state index is 12.1. The number of carbonyl (C=O) groups excluding carboxylic acids is 1. The molecule has 1 aromatic carbocycles. The highest BCUT2D eigenvalue weighted by Crippen LogP contribution is 2.24. The molecule has 1 N–H and O–H groups in total. The number of amides is 1. The van der Waals surface area contributed by atoms with Gasteiger partial charge in [0.05, 0.1) is 12.8 Å². The predicted molar refractivity (Wildman–Crippen MR) is 104 cm³/mol. The summed E-state index contributed by atoms with van der Waals surface area (Å²) in [5.41, 5.74) is 3.00. The van der Waals surface area contributed by atoms with E-state index >= 15 is 0 Å². The number of methoxy groups -OCH3 is 1. The zero-order chi connectivity index (χ0) is 18.4. The van der Waals surface area contributed by atoms with E-state index in [1.54, 1.807) is 13.2 Å². The average Bonchev–Trinajstić information content (AvgIpc) is 2.88. The highest BCUT2D eigenvalue weighted by atomic mass is 79.9. The van der Waals surface area contributed by atoms with E-state index in [1.165, 1.54) is 6.08 Å². The Labute approximate surface area is 157 Å². The number of hydrogen-bond acceptors (Lipinski definition) is 3. The first-order valence-electron chi connectivity index (χ1n) is 8.19. The van der Waals surface area contributed by atoms with Crippen LogP contribution in [0.1, 0.15) is 23.9 Å². The van der Waals surface area contributed by atoms with Crippen LogP contribution in [0.5, 0.6) is 5.75 Å². The summed E-state index contributed by atoms with van der Waals surface area (Å²) in [5, 5.41) is 7.38. The Balaban J connectivity index is 1.88. The lowest BCUT2D eigenvalue weighted by atomic mass is 10.1. The van der Waals surface area contributed by atoms with Crippen LogP contribution in [0.4, 0.5) is 0 Å². The van der Waals surface area contributed by atoms with E-state index in [-0.39, 0.29) is 11.8 Å². The fourth-order valence-corrected chi connectivity index (χ4v) is 2.93. The van der Waals surface area contributed by atoms with Crippen LogP contribution in [-0.2, 0) is 11.3 Å². The predicted octanol–water partition coefficient (Wildman–Crippen LogP) is 3.74. The van der Waals surface area contributed by atoms with E-state index in [9.17, 15) is 4.79 Å². The van der Waals surface area contributed by atoms with Crippen molar-refractivity contribution in [1.82, 2.24) is 15.1 Å². The van der Waals surface area contributed by atoms with Crippen LogP contribution in [-0.4, -0.2) is 29.3 Å². The summed E-state index contributed by atoms with van der Waals surface area (Å²) in [6.45, 7) is 7.49. The fourth-order valence-electron chi connectivity index (χ4n) is 2.55. The highest BCUT2D eigenvalue weighted by Gasteiger charge is 2.08. The van der Waals surface area contributed by atoms with Gasteiger partial charge in [0, 0.05) is 34.9 Å². The van der Waals surface area contributed by atoms with Crippen LogP contribution in [0.25, 0.3) is 6.08 Å². The molecule has 1 aromatic heterocycles. The van der Waals surface area contributed by atoms with Gasteiger partial charge in [0.15, 0.2) is 0 Å². The van der Waals surface area contributed by atoms with Crippen molar-refractivity contribution in [2.75, 3.05) is 13.7 Å². The Hall–Kier alpha value is -2.08. The number of benzene rings is 1. The standard InChI is InChI=1S/C19H24BrN3O2/c1-13(12-23-15(3)9-14(2)22-23)11-21-19(24)8-5-16-10-17(20)6-7-18(16)25-4/h5-10,13H,11-12H2,1-4H3,(H,21,24)/b8-5+. The molecule has 0 radical (unpaired) electrons. The normalized spacial score (nSPS) is 12.4. The van der Waals surface area contributed by atoms with E-state index in [2.05, 4.69) is 39.3 Å². The lowest BCUT2D eigenvalue weighted by molar-refractivity contribution is -0.116. The summed E-state index contributed by atoms with van der Waals surface area (Å²) < 4.78 is 8.21. The van der Waals surface area contributed by atoms with Gasteiger partial charge in [-0.15, -0.1) is 0 Å². The van der Waals surface area contributed by atoms with Gasteiger partial charge < -0.3 is 10.1 Å². The molecule has 25 heavy (non-hydrogen) atoms. The van der Waals surface area contributed by atoms with Crippen LogP contribution < -0.4 is 10.1 Å². The van der Waals surface area contributed by atoms with Crippen molar-refractivity contribution in [3.05, 3.63) is 51.8 Å². The van der Waals surface area contributed by atoms with Gasteiger partial charge in [0.2, 0.25) is 5.91 Å². The molecular weight excluding hydrogens is 382 g/mol. The molecule has 0 aliphatic carbocycles. The molecule has 1 atom stereocenters. The molecule has 0 aliphatic heterocycles. The maximum Gasteiger partial charge on any atom is 0.244 e. The molecule has 1 unspecified atom stereocenters. The minimum Gasteiger partial charge on any atom is -0.496 e. The number of hydrogen-bond donors (Lipinski definition) is 1. The van der Waals surface area contributed by atoms with Gasteiger partial charge in [0.1, 0.15) is 5.75 Å². The molecule has 2 aromatic rings. The smallest absolute Gasteiger partial charge is 0.244 e. The van der Waals surface area contributed by atoms with Crippen LogP contribution >= 0.6 is 15.9 Å². The molecule has 0 fully saturated rings. The zero-order valence-corrected chi connectivity index (χ0v) is 16.6. The summed E-state index contributed by atoms with van der Waals surface area (Å²) in [6.07, 6.45) is 3.28. The molecule has 0 bridgehead atoms. The van der Waals surface area contributed by atoms with Crippen molar-refractivity contribution in [2.45, 2.75) is 27.3 Å². The van der Waals surface area contributed by atoms with Gasteiger partial charge in [-0.1, -0.05) is 22.9 Å². The van der Waals surface area contributed by atoms with Gasteiger partial charge in [-0.05, 0) is 50.1 Å². The first-order chi connectivity index (χ1) is 11.9. The fraction of sp³-hybridized carbons (Fsp3) is 0.368.